The number of halogens is 1. The third-order valence-corrected chi connectivity index (χ3v) is 8.60. The number of carbonyl (C=O) groups excluding carboxylic acids is 1. The van der Waals surface area contributed by atoms with Gasteiger partial charge in [0.1, 0.15) is 5.82 Å². The van der Waals surface area contributed by atoms with Gasteiger partial charge < -0.3 is 4.90 Å². The first-order valence-corrected chi connectivity index (χ1v) is 16.3. The van der Waals surface area contributed by atoms with Gasteiger partial charge in [0.2, 0.25) is 5.91 Å². The van der Waals surface area contributed by atoms with Gasteiger partial charge in [0, 0.05) is 47.7 Å². The van der Waals surface area contributed by atoms with Crippen LogP contribution >= 0.6 is 0 Å². The molecule has 1 aromatic heterocycles. The fourth-order valence-electron chi connectivity index (χ4n) is 5.86. The predicted molar refractivity (Wildman–Crippen MR) is 152 cm³/mol. The number of fused-ring (bicyclic) bond motifs is 1. The highest BCUT2D eigenvalue weighted by Crippen LogP contribution is 2.29. The Hall–Kier alpha value is -2.45. The van der Waals surface area contributed by atoms with E-state index in [0.717, 1.165) is 50.8 Å². The van der Waals surface area contributed by atoms with Gasteiger partial charge in [-0.15, -0.1) is 5.70 Å². The first-order valence-electron chi connectivity index (χ1n) is 14.1. The topological polar surface area (TPSA) is 50.5 Å². The molecule has 8 heteroatoms. The van der Waals surface area contributed by atoms with E-state index in [2.05, 4.69) is 50.1 Å². The Morgan fingerprint density at radius 1 is 1.11 bits per heavy atom. The monoisotopic (exact) mass is 526 g/mol. The number of hydrogen-bond donors (Lipinski definition) is 0. The number of amides is 1. The Morgan fingerprint density at radius 3 is 2.43 bits per heavy atom. The largest absolute Gasteiger partial charge is 0.342 e. The average Bonchev–Trinajstić information content (AvgIpc) is 3.16. The van der Waals surface area contributed by atoms with Crippen LogP contribution in [0.2, 0.25) is 6.55 Å². The number of likely N-dealkylation sites (tertiary alicyclic amines) is 2. The molecule has 2 fully saturated rings. The van der Waals surface area contributed by atoms with Crippen LogP contribution in [0.15, 0.2) is 46.4 Å². The number of aromatic nitrogens is 2. The van der Waals surface area contributed by atoms with Gasteiger partial charge in [0.15, 0.2) is 0 Å². The predicted octanol–water partition coefficient (Wildman–Crippen LogP) is 4.15. The van der Waals surface area contributed by atoms with E-state index >= 15 is 0 Å². The summed E-state index contributed by atoms with van der Waals surface area (Å²) in [5.74, 6) is 0.330. The Bertz CT molecular complexity index is 1200. The van der Waals surface area contributed by atoms with Crippen molar-refractivity contribution >= 4 is 26.5 Å². The van der Waals surface area contributed by atoms with Crippen LogP contribution in [0.3, 0.4) is 0 Å². The van der Waals surface area contributed by atoms with Crippen LogP contribution in [0.4, 0.5) is 4.39 Å². The molecule has 2 saturated heterocycles. The Kier molecular flexibility index (Phi) is 9.24. The average molecular weight is 527 g/mol. The van der Waals surface area contributed by atoms with Crippen molar-refractivity contribution in [2.45, 2.75) is 65.6 Å². The zero-order valence-corrected chi connectivity index (χ0v) is 24.4. The molecule has 4 rings (SSSR count). The summed E-state index contributed by atoms with van der Waals surface area (Å²) < 4.78 is 17.6. The van der Waals surface area contributed by atoms with Crippen LogP contribution in [0, 0.1) is 17.7 Å². The number of allylic oxidation sites excluding steroid dienone is 1. The molecule has 2 aromatic rings. The van der Waals surface area contributed by atoms with E-state index in [1.807, 2.05) is 9.47 Å². The molecule has 6 nitrogen and oxygen atoms in total. The Labute approximate surface area is 222 Å². The third kappa shape index (κ3) is 6.34. The van der Waals surface area contributed by atoms with Crippen molar-refractivity contribution in [3.8, 4) is 0 Å². The molecule has 202 valence electrons. The summed E-state index contributed by atoms with van der Waals surface area (Å²) in [6.07, 6.45) is 7.80. The molecule has 0 spiro atoms. The molecule has 1 amide bonds. The number of imidazole rings is 1. The number of hydrogen-bond acceptors (Lipinski definition) is 3. The summed E-state index contributed by atoms with van der Waals surface area (Å²) in [6, 6.07) is 4.66. The number of rotatable bonds is 8. The van der Waals surface area contributed by atoms with E-state index in [9.17, 15) is 14.0 Å². The molecule has 3 heterocycles. The van der Waals surface area contributed by atoms with Crippen molar-refractivity contribution in [2.24, 2.45) is 11.8 Å². The highest BCUT2D eigenvalue weighted by molar-refractivity contribution is 6.40. The molecule has 2 aliphatic heterocycles. The highest BCUT2D eigenvalue weighted by Gasteiger charge is 2.32. The summed E-state index contributed by atoms with van der Waals surface area (Å²) in [4.78, 5) is 31.2. The second-order valence-corrected chi connectivity index (χ2v) is 12.4. The fraction of sp³-hybridized carbons (Fsp3) is 0.586. The summed E-state index contributed by atoms with van der Waals surface area (Å²) in [6.45, 7) is 13.3. The van der Waals surface area contributed by atoms with E-state index in [1.165, 1.54) is 17.7 Å². The van der Waals surface area contributed by atoms with E-state index < -0.39 is 0 Å². The van der Waals surface area contributed by atoms with Crippen molar-refractivity contribution in [1.82, 2.24) is 18.9 Å². The lowest BCUT2D eigenvalue weighted by Crippen LogP contribution is -2.46. The molecule has 1 aromatic carbocycles. The maximum Gasteiger partial charge on any atom is 0.329 e. The summed E-state index contributed by atoms with van der Waals surface area (Å²) in [5.41, 5.74) is 5.10. The second-order valence-electron chi connectivity index (χ2n) is 11.1. The Morgan fingerprint density at radius 2 is 1.81 bits per heavy atom. The molecule has 0 saturated carbocycles. The number of piperidine rings is 2. The number of nitrogens with zero attached hydrogens (tertiary/aromatic N) is 4. The smallest absolute Gasteiger partial charge is 0.329 e. The minimum atomic E-state index is -0.324. The van der Waals surface area contributed by atoms with Crippen LogP contribution < -0.4 is 5.69 Å². The molecule has 0 aliphatic carbocycles. The first kappa shape index (κ1) is 27.6. The number of benzene rings is 1. The lowest BCUT2D eigenvalue weighted by molar-refractivity contribution is -0.138. The van der Waals surface area contributed by atoms with Crippen molar-refractivity contribution in [3.05, 3.63) is 57.9 Å². The van der Waals surface area contributed by atoms with Gasteiger partial charge in [-0.05, 0) is 75.4 Å². The van der Waals surface area contributed by atoms with Crippen LogP contribution in [0.5, 0.6) is 0 Å². The van der Waals surface area contributed by atoms with Gasteiger partial charge in [0.25, 0.3) is 0 Å². The van der Waals surface area contributed by atoms with E-state index in [4.69, 9.17) is 0 Å². The zero-order chi connectivity index (χ0) is 26.5. The van der Waals surface area contributed by atoms with Crippen LogP contribution in [0.25, 0.3) is 11.0 Å². The van der Waals surface area contributed by atoms with Crippen LogP contribution in [-0.4, -0.2) is 67.1 Å². The normalized spacial score (nSPS) is 19.4. The Balaban J connectivity index is 1.37. The molecular weight excluding hydrogens is 483 g/mol. The fourth-order valence-corrected chi connectivity index (χ4v) is 6.39. The second kappa shape index (κ2) is 12.4. The summed E-state index contributed by atoms with van der Waals surface area (Å²) in [5, 5.41) is 0. The minimum absolute atomic E-state index is 0.0262. The molecule has 0 atom stereocenters. The van der Waals surface area contributed by atoms with E-state index in [-0.39, 0.29) is 44.8 Å². The van der Waals surface area contributed by atoms with E-state index in [0.29, 0.717) is 25.2 Å². The lowest BCUT2D eigenvalue weighted by atomic mass is 9.93. The van der Waals surface area contributed by atoms with Gasteiger partial charge in [0.05, 0.1) is 11.0 Å². The summed E-state index contributed by atoms with van der Waals surface area (Å²) in [7, 11) is -0.0713. The van der Waals surface area contributed by atoms with Gasteiger partial charge >= 0.3 is 5.69 Å². The van der Waals surface area contributed by atoms with Crippen LogP contribution in [0.1, 0.15) is 52.5 Å². The van der Waals surface area contributed by atoms with Gasteiger partial charge in [-0.3, -0.25) is 18.8 Å². The maximum atomic E-state index is 14.0. The minimum Gasteiger partial charge on any atom is -0.342 e. The molecule has 0 bridgehead atoms. The molecule has 0 radical (unpaired) electrons. The van der Waals surface area contributed by atoms with Crippen molar-refractivity contribution in [3.63, 3.8) is 0 Å². The maximum absolute atomic E-state index is 14.0. The standard InChI is InChI=1S/C29H43FN4O2Si/c1-5-22(12-17-37-4)20-31-13-8-23(9-14-31)28(35)32-15-10-25(11-16-32)34-26-7-6-24(30)18-27(26)33(29(34)36)19-21(2)3/h5-7,12,17-18,21,23,25H,8-11,13-16,19-20,37H2,1-4H3/b17-12-,22-5+. The number of carbonyl (C=O) groups is 1. The van der Waals surface area contributed by atoms with Crippen molar-refractivity contribution in [1.29, 1.82) is 0 Å². The first-order chi connectivity index (χ1) is 17.8. The molecule has 0 unspecified atom stereocenters. The molecule has 2 aliphatic rings. The van der Waals surface area contributed by atoms with Crippen molar-refractivity contribution < 1.29 is 9.18 Å². The van der Waals surface area contributed by atoms with Gasteiger partial charge in [-0.1, -0.05) is 32.5 Å². The van der Waals surface area contributed by atoms with Crippen molar-refractivity contribution in [2.75, 3.05) is 32.7 Å². The third-order valence-electron chi connectivity index (χ3n) is 7.90. The molecule has 37 heavy (non-hydrogen) atoms. The zero-order valence-electron chi connectivity index (χ0n) is 23.0. The lowest BCUT2D eigenvalue weighted by Gasteiger charge is -2.37. The SMILES string of the molecule is C/C=C(\C=C/[SiH2]C)CN1CCC(C(=O)N2CCC(n3c(=O)n(CC(C)C)c4cc(F)ccc43)CC2)CC1. The van der Waals surface area contributed by atoms with E-state index in [1.54, 1.807) is 10.6 Å². The summed E-state index contributed by atoms with van der Waals surface area (Å²) >= 11 is 0. The van der Waals surface area contributed by atoms with Gasteiger partial charge in [-0.2, -0.15) is 0 Å². The quantitative estimate of drug-likeness (QED) is 0.384. The highest BCUT2D eigenvalue weighted by atomic mass is 28.2. The molecular formula is C29H43FN4O2Si. The molecule has 0 N–H and O–H groups in total. The van der Waals surface area contributed by atoms with Gasteiger partial charge in [-0.25, -0.2) is 9.18 Å². The van der Waals surface area contributed by atoms with Crippen LogP contribution in [-0.2, 0) is 11.3 Å².